The lowest BCUT2D eigenvalue weighted by molar-refractivity contribution is -0.274. The zero-order valence-corrected chi connectivity index (χ0v) is 17.9. The Bertz CT molecular complexity index is 998. The fraction of sp³-hybridized carbons (Fsp3) is 0.318. The molecular weight excluding hydrogens is 421 g/mol. The van der Waals surface area contributed by atoms with E-state index < -0.39 is 6.36 Å². The first-order valence-electron chi connectivity index (χ1n) is 10.1. The molecular formula is C22H25F3N6O. The molecule has 0 fully saturated rings. The van der Waals surface area contributed by atoms with Gasteiger partial charge in [-0.2, -0.15) is 4.98 Å². The van der Waals surface area contributed by atoms with Crippen molar-refractivity contribution in [3.8, 4) is 17.0 Å². The molecule has 0 aliphatic heterocycles. The molecule has 32 heavy (non-hydrogen) atoms. The maximum Gasteiger partial charge on any atom is 0.573 e. The van der Waals surface area contributed by atoms with Gasteiger partial charge in [0.2, 0.25) is 5.95 Å². The summed E-state index contributed by atoms with van der Waals surface area (Å²) < 4.78 is 41.9. The van der Waals surface area contributed by atoms with Crippen LogP contribution in [0.25, 0.3) is 11.3 Å². The maximum atomic E-state index is 12.6. The Morgan fingerprint density at radius 3 is 2.59 bits per heavy atom. The number of aromatic nitrogens is 3. The Morgan fingerprint density at radius 2 is 1.88 bits per heavy atom. The number of ether oxygens (including phenoxy) is 1. The summed E-state index contributed by atoms with van der Waals surface area (Å²) >= 11 is 0. The Hall–Kier alpha value is -3.40. The quantitative estimate of drug-likeness (QED) is 0.447. The molecule has 0 saturated heterocycles. The van der Waals surface area contributed by atoms with E-state index in [4.69, 9.17) is 0 Å². The summed E-state index contributed by atoms with van der Waals surface area (Å²) in [5, 5.41) is 6.41. The number of nitrogens with zero attached hydrogens (tertiary/aromatic N) is 4. The molecule has 3 rings (SSSR count). The van der Waals surface area contributed by atoms with E-state index in [1.54, 1.807) is 24.5 Å². The van der Waals surface area contributed by atoms with E-state index in [2.05, 4.69) is 35.2 Å². The van der Waals surface area contributed by atoms with Crippen LogP contribution in [-0.4, -0.2) is 53.4 Å². The van der Waals surface area contributed by atoms with Crippen LogP contribution < -0.4 is 15.4 Å². The van der Waals surface area contributed by atoms with Gasteiger partial charge in [-0.1, -0.05) is 18.2 Å². The molecule has 10 heteroatoms. The monoisotopic (exact) mass is 446 g/mol. The van der Waals surface area contributed by atoms with Crippen LogP contribution in [0.1, 0.15) is 12.0 Å². The largest absolute Gasteiger partial charge is 0.573 e. The standard InChI is InChI=1S/C22H25F3N6O/c1-31(2)11-5-10-27-21-29-19(17-7-3-8-18(12-17)32-22(23,24)25)13-20(30-21)28-15-16-6-4-9-26-14-16/h3-4,6-9,12-14H,5,10-11,15H2,1-2H3,(H2,27,28,29,30). The summed E-state index contributed by atoms with van der Waals surface area (Å²) in [5.41, 5.74) is 1.92. The van der Waals surface area contributed by atoms with Crippen LogP contribution in [0.5, 0.6) is 5.75 Å². The molecule has 7 nitrogen and oxygen atoms in total. The van der Waals surface area contributed by atoms with Crippen LogP contribution in [0.4, 0.5) is 24.9 Å². The van der Waals surface area contributed by atoms with Crippen LogP contribution in [-0.2, 0) is 6.54 Å². The first-order valence-corrected chi connectivity index (χ1v) is 10.1. The van der Waals surface area contributed by atoms with Crippen LogP contribution in [0, 0.1) is 0 Å². The van der Waals surface area contributed by atoms with Crippen LogP contribution in [0.15, 0.2) is 54.9 Å². The highest BCUT2D eigenvalue weighted by molar-refractivity contribution is 5.66. The minimum atomic E-state index is -4.76. The predicted molar refractivity (Wildman–Crippen MR) is 117 cm³/mol. The van der Waals surface area contributed by atoms with Gasteiger partial charge in [0.05, 0.1) is 5.69 Å². The second-order valence-electron chi connectivity index (χ2n) is 7.34. The van der Waals surface area contributed by atoms with Crippen molar-refractivity contribution < 1.29 is 17.9 Å². The molecule has 170 valence electrons. The van der Waals surface area contributed by atoms with Gasteiger partial charge in [0, 0.05) is 37.1 Å². The van der Waals surface area contributed by atoms with E-state index in [-0.39, 0.29) is 5.75 Å². The third-order valence-electron chi connectivity index (χ3n) is 4.35. The summed E-state index contributed by atoms with van der Waals surface area (Å²) in [7, 11) is 3.99. The molecule has 0 aliphatic carbocycles. The third-order valence-corrected chi connectivity index (χ3v) is 4.35. The van der Waals surface area contributed by atoms with Gasteiger partial charge < -0.3 is 20.3 Å². The van der Waals surface area contributed by atoms with Crippen molar-refractivity contribution in [2.45, 2.75) is 19.3 Å². The summed E-state index contributed by atoms with van der Waals surface area (Å²) in [6.07, 6.45) is -0.445. The first kappa shape index (κ1) is 23.3. The number of alkyl halides is 3. The lowest BCUT2D eigenvalue weighted by Crippen LogP contribution is -2.17. The number of halogens is 3. The van der Waals surface area contributed by atoms with E-state index in [0.717, 1.165) is 18.5 Å². The van der Waals surface area contributed by atoms with E-state index in [0.29, 0.717) is 36.1 Å². The second kappa shape index (κ2) is 10.8. The molecule has 0 bridgehead atoms. The summed E-state index contributed by atoms with van der Waals surface area (Å²) in [4.78, 5) is 15.1. The normalized spacial score (nSPS) is 11.4. The average molecular weight is 446 g/mol. The number of anilines is 2. The van der Waals surface area contributed by atoms with Gasteiger partial charge in [-0.05, 0) is 50.8 Å². The topological polar surface area (TPSA) is 75.2 Å². The fourth-order valence-corrected chi connectivity index (χ4v) is 2.91. The minimum absolute atomic E-state index is 0.307. The summed E-state index contributed by atoms with van der Waals surface area (Å²) in [6.45, 7) is 2.04. The number of nitrogens with one attached hydrogen (secondary N) is 2. The molecule has 1 aromatic carbocycles. The molecule has 2 aromatic heterocycles. The van der Waals surface area contributed by atoms with Crippen LogP contribution in [0.2, 0.25) is 0 Å². The Morgan fingerprint density at radius 1 is 1.03 bits per heavy atom. The Labute approximate surface area is 184 Å². The van der Waals surface area contributed by atoms with Crippen molar-refractivity contribution in [2.75, 3.05) is 37.8 Å². The highest BCUT2D eigenvalue weighted by Crippen LogP contribution is 2.28. The molecule has 0 amide bonds. The van der Waals surface area contributed by atoms with Gasteiger partial charge in [0.15, 0.2) is 0 Å². The molecule has 3 aromatic rings. The summed E-state index contributed by atoms with van der Waals surface area (Å²) in [5.74, 6) is 0.618. The zero-order valence-electron chi connectivity index (χ0n) is 17.9. The molecule has 2 heterocycles. The molecule has 0 radical (unpaired) electrons. The Kier molecular flexibility index (Phi) is 7.82. The van der Waals surface area contributed by atoms with Gasteiger partial charge in [-0.15, -0.1) is 13.2 Å². The lowest BCUT2D eigenvalue weighted by Gasteiger charge is -2.14. The zero-order chi connectivity index (χ0) is 23.0. The van der Waals surface area contributed by atoms with Crippen LogP contribution >= 0.6 is 0 Å². The SMILES string of the molecule is CN(C)CCCNc1nc(NCc2cccnc2)cc(-c2cccc(OC(F)(F)F)c2)n1. The molecule has 0 spiro atoms. The number of hydrogen-bond donors (Lipinski definition) is 2. The molecule has 0 saturated carbocycles. The van der Waals surface area contributed by atoms with Gasteiger partial charge >= 0.3 is 6.36 Å². The average Bonchev–Trinajstić information content (AvgIpc) is 2.75. The molecule has 0 aliphatic rings. The molecule has 2 N–H and O–H groups in total. The minimum Gasteiger partial charge on any atom is -0.406 e. The second-order valence-corrected chi connectivity index (χ2v) is 7.34. The van der Waals surface area contributed by atoms with E-state index in [1.807, 2.05) is 26.2 Å². The van der Waals surface area contributed by atoms with E-state index in [1.165, 1.54) is 18.2 Å². The first-order chi connectivity index (χ1) is 15.3. The van der Waals surface area contributed by atoms with Crippen molar-refractivity contribution in [3.63, 3.8) is 0 Å². The van der Waals surface area contributed by atoms with Crippen molar-refractivity contribution in [3.05, 3.63) is 60.4 Å². The van der Waals surface area contributed by atoms with E-state index in [9.17, 15) is 13.2 Å². The van der Waals surface area contributed by atoms with Crippen LogP contribution in [0.3, 0.4) is 0 Å². The smallest absolute Gasteiger partial charge is 0.406 e. The van der Waals surface area contributed by atoms with Crippen molar-refractivity contribution >= 4 is 11.8 Å². The van der Waals surface area contributed by atoms with Gasteiger partial charge in [0.25, 0.3) is 0 Å². The lowest BCUT2D eigenvalue weighted by atomic mass is 10.1. The highest BCUT2D eigenvalue weighted by Gasteiger charge is 2.31. The van der Waals surface area contributed by atoms with Crippen molar-refractivity contribution in [1.29, 1.82) is 0 Å². The number of pyridine rings is 1. The number of rotatable bonds is 10. The molecule has 0 atom stereocenters. The van der Waals surface area contributed by atoms with Crippen molar-refractivity contribution in [1.82, 2.24) is 19.9 Å². The van der Waals surface area contributed by atoms with Gasteiger partial charge in [-0.25, -0.2) is 4.98 Å². The predicted octanol–water partition coefficient (Wildman–Crippen LogP) is 4.41. The summed E-state index contributed by atoms with van der Waals surface area (Å²) in [6, 6.07) is 11.2. The van der Waals surface area contributed by atoms with Gasteiger partial charge in [-0.3, -0.25) is 4.98 Å². The fourth-order valence-electron chi connectivity index (χ4n) is 2.91. The van der Waals surface area contributed by atoms with Gasteiger partial charge in [0.1, 0.15) is 11.6 Å². The highest BCUT2D eigenvalue weighted by atomic mass is 19.4. The molecule has 0 unspecified atom stereocenters. The van der Waals surface area contributed by atoms with E-state index >= 15 is 0 Å². The maximum absolute atomic E-state index is 12.6. The number of benzene rings is 1. The number of hydrogen-bond acceptors (Lipinski definition) is 7. The Balaban J connectivity index is 1.83. The third kappa shape index (κ3) is 7.69. The van der Waals surface area contributed by atoms with Crippen molar-refractivity contribution in [2.24, 2.45) is 0 Å².